The van der Waals surface area contributed by atoms with E-state index in [1.165, 1.54) is 225 Å². The monoisotopic (exact) mass is 1480 g/mol. The second-order valence-corrected chi connectivity index (χ2v) is 33.9. The average Bonchev–Trinajstić information content (AvgIpc) is 0.929. The fourth-order valence-corrected chi connectivity index (χ4v) is 14.1. The van der Waals surface area contributed by atoms with Crippen LogP contribution in [-0.2, 0) is 65.4 Å². The lowest BCUT2D eigenvalue weighted by molar-refractivity contribution is -0.161. The van der Waals surface area contributed by atoms with Gasteiger partial charge in [-0.2, -0.15) is 0 Å². The molecular formula is C82H160O17P2. The minimum absolute atomic E-state index is 0.106. The Hall–Kier alpha value is -1.94. The van der Waals surface area contributed by atoms with Crippen molar-refractivity contribution in [3.8, 4) is 0 Å². The van der Waals surface area contributed by atoms with Gasteiger partial charge in [0.1, 0.15) is 19.3 Å². The molecule has 0 aliphatic carbocycles. The molecule has 0 aromatic heterocycles. The van der Waals surface area contributed by atoms with Gasteiger partial charge in [0, 0.05) is 25.7 Å². The highest BCUT2D eigenvalue weighted by molar-refractivity contribution is 7.47. The molecule has 7 atom stereocenters. The summed E-state index contributed by atoms with van der Waals surface area (Å²) in [7, 11) is -9.92. The predicted molar refractivity (Wildman–Crippen MR) is 414 cm³/mol. The zero-order valence-corrected chi connectivity index (χ0v) is 68.3. The first-order chi connectivity index (χ1) is 48.7. The van der Waals surface area contributed by atoms with Crippen LogP contribution in [0.25, 0.3) is 0 Å². The Balaban J connectivity index is 5.25. The van der Waals surface area contributed by atoms with Gasteiger partial charge in [0.15, 0.2) is 12.2 Å². The predicted octanol–water partition coefficient (Wildman–Crippen LogP) is 24.4. The summed E-state index contributed by atoms with van der Waals surface area (Å²) in [5.74, 6) is 1.06. The van der Waals surface area contributed by atoms with Gasteiger partial charge in [0.25, 0.3) is 0 Å². The number of aliphatic hydroxyl groups excluding tert-OH is 1. The van der Waals surface area contributed by atoms with Gasteiger partial charge in [-0.1, -0.05) is 370 Å². The van der Waals surface area contributed by atoms with Crippen LogP contribution in [0.2, 0.25) is 0 Å². The molecule has 0 rings (SSSR count). The van der Waals surface area contributed by atoms with Crippen molar-refractivity contribution in [1.82, 2.24) is 0 Å². The van der Waals surface area contributed by atoms with Crippen LogP contribution in [0, 0.1) is 23.7 Å². The van der Waals surface area contributed by atoms with E-state index >= 15 is 0 Å². The van der Waals surface area contributed by atoms with Crippen LogP contribution in [0.5, 0.6) is 0 Å². The average molecular weight is 1480 g/mol. The summed E-state index contributed by atoms with van der Waals surface area (Å²) < 4.78 is 68.8. The maximum Gasteiger partial charge on any atom is 0.472 e. The fraction of sp³-hybridized carbons (Fsp3) is 0.951. The smallest absolute Gasteiger partial charge is 0.462 e. The van der Waals surface area contributed by atoms with Crippen molar-refractivity contribution < 1.29 is 80.2 Å². The van der Waals surface area contributed by atoms with Crippen molar-refractivity contribution >= 4 is 39.5 Å². The number of unbranched alkanes of at least 4 members (excludes halogenated alkanes) is 43. The van der Waals surface area contributed by atoms with Crippen LogP contribution in [-0.4, -0.2) is 96.7 Å². The fourth-order valence-electron chi connectivity index (χ4n) is 12.5. The number of ether oxygens (including phenoxy) is 4. The van der Waals surface area contributed by atoms with Crippen LogP contribution in [0.4, 0.5) is 0 Å². The van der Waals surface area contributed by atoms with Gasteiger partial charge in [0.2, 0.25) is 0 Å². The maximum atomic E-state index is 13.1. The van der Waals surface area contributed by atoms with E-state index < -0.39 is 97.5 Å². The summed E-state index contributed by atoms with van der Waals surface area (Å²) in [5, 5.41) is 10.7. The van der Waals surface area contributed by atoms with Gasteiger partial charge >= 0.3 is 39.5 Å². The second-order valence-electron chi connectivity index (χ2n) is 31.0. The summed E-state index contributed by atoms with van der Waals surface area (Å²) in [5.41, 5.74) is 0. The number of rotatable bonds is 79. The first kappa shape index (κ1) is 99.1. The lowest BCUT2D eigenvalue weighted by Gasteiger charge is -2.21. The zero-order valence-electron chi connectivity index (χ0n) is 66.5. The van der Waals surface area contributed by atoms with Gasteiger partial charge in [-0.05, 0) is 49.4 Å². The second kappa shape index (κ2) is 71.0. The Morgan fingerprint density at radius 2 is 0.475 bits per heavy atom. The molecule has 0 fully saturated rings. The lowest BCUT2D eigenvalue weighted by atomic mass is 9.99. The Bertz CT molecular complexity index is 1980. The highest BCUT2D eigenvalue weighted by Gasteiger charge is 2.30. The zero-order chi connectivity index (χ0) is 74.6. The molecule has 101 heavy (non-hydrogen) atoms. The topological polar surface area (TPSA) is 237 Å². The number of aliphatic hydroxyl groups is 1. The third kappa shape index (κ3) is 73.4. The lowest BCUT2D eigenvalue weighted by Crippen LogP contribution is -2.30. The molecular weight excluding hydrogens is 1320 g/mol. The molecule has 4 unspecified atom stereocenters. The van der Waals surface area contributed by atoms with E-state index in [0.717, 1.165) is 114 Å². The van der Waals surface area contributed by atoms with Crippen molar-refractivity contribution in [3.05, 3.63) is 0 Å². The number of hydrogen-bond acceptors (Lipinski definition) is 15. The van der Waals surface area contributed by atoms with E-state index in [2.05, 4.69) is 55.4 Å². The van der Waals surface area contributed by atoms with E-state index in [0.29, 0.717) is 25.7 Å². The van der Waals surface area contributed by atoms with Crippen LogP contribution in [0.3, 0.4) is 0 Å². The number of carbonyl (C=O) groups is 4. The summed E-state index contributed by atoms with van der Waals surface area (Å²) in [4.78, 5) is 73.1. The molecule has 0 heterocycles. The molecule has 0 bridgehead atoms. The van der Waals surface area contributed by atoms with Crippen molar-refractivity contribution in [1.29, 1.82) is 0 Å². The van der Waals surface area contributed by atoms with Gasteiger partial charge < -0.3 is 33.8 Å². The third-order valence-corrected chi connectivity index (χ3v) is 21.7. The summed E-state index contributed by atoms with van der Waals surface area (Å²) in [6.45, 7) is 14.3. The van der Waals surface area contributed by atoms with Crippen LogP contribution < -0.4 is 0 Å². The number of esters is 4. The van der Waals surface area contributed by atoms with Crippen molar-refractivity contribution in [3.63, 3.8) is 0 Å². The Kier molecular flexibility index (Phi) is 69.6. The van der Waals surface area contributed by atoms with Gasteiger partial charge in [0.05, 0.1) is 26.4 Å². The highest BCUT2D eigenvalue weighted by atomic mass is 31.2. The Morgan fingerprint density at radius 1 is 0.277 bits per heavy atom. The van der Waals surface area contributed by atoms with E-state index in [1.807, 2.05) is 0 Å². The maximum absolute atomic E-state index is 13.1. The van der Waals surface area contributed by atoms with E-state index in [9.17, 15) is 43.2 Å². The first-order valence-electron chi connectivity index (χ1n) is 42.3. The van der Waals surface area contributed by atoms with Gasteiger partial charge in [-0.25, -0.2) is 9.13 Å². The molecule has 17 nitrogen and oxygen atoms in total. The quantitative estimate of drug-likeness (QED) is 0.0222. The third-order valence-electron chi connectivity index (χ3n) is 19.8. The highest BCUT2D eigenvalue weighted by Crippen LogP contribution is 2.45. The molecule has 0 saturated carbocycles. The van der Waals surface area contributed by atoms with Crippen LogP contribution in [0.1, 0.15) is 421 Å². The molecule has 0 spiro atoms. The molecule has 0 amide bonds. The minimum Gasteiger partial charge on any atom is -0.462 e. The molecule has 0 saturated heterocycles. The van der Waals surface area contributed by atoms with Crippen molar-refractivity contribution in [2.45, 2.75) is 440 Å². The van der Waals surface area contributed by atoms with Crippen LogP contribution >= 0.6 is 15.6 Å². The summed E-state index contributed by atoms with van der Waals surface area (Å²) in [6.07, 6.45) is 58.2. The van der Waals surface area contributed by atoms with Crippen molar-refractivity contribution in [2.24, 2.45) is 23.7 Å². The van der Waals surface area contributed by atoms with E-state index in [1.54, 1.807) is 0 Å². The minimum atomic E-state index is -4.96. The van der Waals surface area contributed by atoms with Crippen molar-refractivity contribution in [2.75, 3.05) is 39.6 Å². The first-order valence-corrected chi connectivity index (χ1v) is 45.3. The largest absolute Gasteiger partial charge is 0.472 e. The van der Waals surface area contributed by atoms with Crippen LogP contribution in [0.15, 0.2) is 0 Å². The molecule has 19 heteroatoms. The molecule has 0 aromatic carbocycles. The molecule has 0 aromatic rings. The molecule has 3 N–H and O–H groups in total. The standard InChI is InChI=1S/C82H160O17P2/c1-9-74(7)60-52-44-36-28-24-25-31-41-49-57-65-82(87)99-78(69-93-80(85)63-55-47-39-33-32-37-45-53-61-75(8)10-2)71-97-101(90,91)95-67-76(83)66-94-100(88,89)96-70-77(68-92-79(84)62-54-46-38-29-23-19-21-27-35-43-51-59-73(5)6)98-81(86)64-56-48-40-30-22-18-16-14-12-11-13-15-17-20-26-34-42-50-58-72(3)4/h72-78,83H,9-71H2,1-8H3,(H,88,89)(H,90,91)/t74?,75?,76-,77-,78-/m1/s1. The van der Waals surface area contributed by atoms with Gasteiger partial charge in [-0.15, -0.1) is 0 Å². The summed E-state index contributed by atoms with van der Waals surface area (Å²) >= 11 is 0. The number of phosphoric ester groups is 2. The molecule has 0 aliphatic heterocycles. The number of hydrogen-bond donors (Lipinski definition) is 3. The Labute approximate surface area is 619 Å². The molecule has 0 radical (unpaired) electrons. The SMILES string of the molecule is CCC(C)CCCCCCCCCCCCC(=O)O[C@H](COC(=O)CCCCCCCCCCC(C)CC)COP(=O)(O)OC[C@H](O)COP(=O)(O)OC[C@@H](COC(=O)CCCCCCCCCCCCCC(C)C)OC(=O)CCCCCCCCCCCCCCCCCCCCC(C)C. The van der Waals surface area contributed by atoms with E-state index in [-0.39, 0.29) is 25.7 Å². The van der Waals surface area contributed by atoms with Gasteiger partial charge in [-0.3, -0.25) is 37.3 Å². The number of carbonyl (C=O) groups excluding carboxylic acids is 4. The normalized spacial score (nSPS) is 14.5. The molecule has 600 valence electrons. The molecule has 0 aliphatic rings. The Morgan fingerprint density at radius 3 is 0.703 bits per heavy atom. The number of phosphoric acid groups is 2. The van der Waals surface area contributed by atoms with E-state index in [4.69, 9.17) is 37.0 Å². The summed E-state index contributed by atoms with van der Waals surface area (Å²) in [6, 6.07) is 0.